The average molecular weight is 255 g/mol. The lowest BCUT2D eigenvalue weighted by molar-refractivity contribution is 0.673. The smallest absolute Gasteiger partial charge is 0.115 e. The highest BCUT2D eigenvalue weighted by atomic mass is 32.1. The first kappa shape index (κ1) is 11.3. The standard InChI is InChI=1S/C14H13N3S/c1-15-13(12-5-7-16-9-17-12)11-4-2-3-10-6-8-18-14(10)11/h2-9,13,15H,1H3. The lowest BCUT2D eigenvalue weighted by Crippen LogP contribution is -2.18. The molecule has 0 bridgehead atoms. The molecule has 1 aromatic carbocycles. The Balaban J connectivity index is 2.15. The van der Waals surface area contributed by atoms with Crippen molar-refractivity contribution in [2.24, 2.45) is 0 Å². The number of nitrogens with one attached hydrogen (secondary N) is 1. The van der Waals surface area contributed by atoms with Crippen LogP contribution in [0.2, 0.25) is 0 Å². The van der Waals surface area contributed by atoms with E-state index in [1.165, 1.54) is 15.6 Å². The fourth-order valence-electron chi connectivity index (χ4n) is 2.18. The lowest BCUT2D eigenvalue weighted by atomic mass is 10.0. The molecule has 2 heterocycles. The number of benzene rings is 1. The van der Waals surface area contributed by atoms with Crippen molar-refractivity contribution in [3.8, 4) is 0 Å². The number of hydrogen-bond acceptors (Lipinski definition) is 4. The Morgan fingerprint density at radius 1 is 1.22 bits per heavy atom. The van der Waals surface area contributed by atoms with E-state index < -0.39 is 0 Å². The summed E-state index contributed by atoms with van der Waals surface area (Å²) in [4.78, 5) is 8.32. The first-order valence-corrected chi connectivity index (χ1v) is 6.67. The third-order valence-electron chi connectivity index (χ3n) is 3.01. The highest BCUT2D eigenvalue weighted by Crippen LogP contribution is 2.31. The van der Waals surface area contributed by atoms with E-state index in [1.807, 2.05) is 13.1 Å². The Morgan fingerprint density at radius 2 is 2.17 bits per heavy atom. The van der Waals surface area contributed by atoms with Gasteiger partial charge in [-0.1, -0.05) is 18.2 Å². The van der Waals surface area contributed by atoms with Gasteiger partial charge in [0.1, 0.15) is 6.33 Å². The summed E-state index contributed by atoms with van der Waals surface area (Å²) < 4.78 is 1.32. The summed E-state index contributed by atoms with van der Waals surface area (Å²) >= 11 is 1.77. The monoisotopic (exact) mass is 255 g/mol. The van der Waals surface area contributed by atoms with Gasteiger partial charge in [0.2, 0.25) is 0 Å². The second-order valence-corrected chi connectivity index (χ2v) is 4.96. The molecule has 0 saturated carbocycles. The van der Waals surface area contributed by atoms with Crippen molar-refractivity contribution in [3.05, 3.63) is 59.5 Å². The Hall–Kier alpha value is -1.78. The highest BCUT2D eigenvalue weighted by Gasteiger charge is 2.16. The molecule has 1 N–H and O–H groups in total. The van der Waals surface area contributed by atoms with Crippen molar-refractivity contribution in [2.45, 2.75) is 6.04 Å². The Bertz CT molecular complexity index is 648. The average Bonchev–Trinajstić information content (AvgIpc) is 2.90. The maximum Gasteiger partial charge on any atom is 0.115 e. The molecule has 1 unspecified atom stereocenters. The summed E-state index contributed by atoms with van der Waals surface area (Å²) in [5.41, 5.74) is 2.26. The minimum absolute atomic E-state index is 0.107. The molecular formula is C14H13N3S. The predicted molar refractivity (Wildman–Crippen MR) is 74.8 cm³/mol. The van der Waals surface area contributed by atoms with E-state index in [4.69, 9.17) is 0 Å². The summed E-state index contributed by atoms with van der Waals surface area (Å²) in [6.45, 7) is 0. The van der Waals surface area contributed by atoms with Gasteiger partial charge in [-0.3, -0.25) is 0 Å². The highest BCUT2D eigenvalue weighted by molar-refractivity contribution is 7.17. The SMILES string of the molecule is CNC(c1ccncn1)c1cccc2ccsc12. The number of rotatable bonds is 3. The second-order valence-electron chi connectivity index (χ2n) is 4.04. The Kier molecular flexibility index (Phi) is 3.04. The molecule has 3 rings (SSSR count). The third-order valence-corrected chi connectivity index (χ3v) is 3.99. The van der Waals surface area contributed by atoms with Crippen molar-refractivity contribution in [3.63, 3.8) is 0 Å². The van der Waals surface area contributed by atoms with Gasteiger partial charge < -0.3 is 5.32 Å². The number of hydrogen-bond donors (Lipinski definition) is 1. The van der Waals surface area contributed by atoms with Crippen LogP contribution in [0.1, 0.15) is 17.3 Å². The van der Waals surface area contributed by atoms with Gasteiger partial charge in [-0.2, -0.15) is 0 Å². The zero-order chi connectivity index (χ0) is 12.4. The van der Waals surface area contributed by atoms with Crippen molar-refractivity contribution in [1.29, 1.82) is 0 Å². The van der Waals surface area contributed by atoms with E-state index >= 15 is 0 Å². The molecule has 3 aromatic rings. The number of thiophene rings is 1. The molecule has 3 nitrogen and oxygen atoms in total. The zero-order valence-electron chi connectivity index (χ0n) is 10.00. The van der Waals surface area contributed by atoms with Gasteiger partial charge in [0.25, 0.3) is 0 Å². The summed E-state index contributed by atoms with van der Waals surface area (Å²) in [5.74, 6) is 0. The summed E-state index contributed by atoms with van der Waals surface area (Å²) in [5, 5.41) is 6.74. The summed E-state index contributed by atoms with van der Waals surface area (Å²) in [7, 11) is 1.96. The Morgan fingerprint density at radius 3 is 2.94 bits per heavy atom. The minimum Gasteiger partial charge on any atom is -0.308 e. The molecule has 0 aliphatic rings. The maximum absolute atomic E-state index is 4.35. The van der Waals surface area contributed by atoms with Crippen LogP contribution in [-0.2, 0) is 0 Å². The van der Waals surface area contributed by atoms with Gasteiger partial charge in [0.15, 0.2) is 0 Å². The van der Waals surface area contributed by atoms with E-state index in [0.29, 0.717) is 0 Å². The molecule has 0 saturated heterocycles. The van der Waals surface area contributed by atoms with Crippen molar-refractivity contribution in [1.82, 2.24) is 15.3 Å². The molecule has 0 aliphatic heterocycles. The minimum atomic E-state index is 0.107. The second kappa shape index (κ2) is 4.84. The van der Waals surface area contributed by atoms with Crippen LogP contribution in [0.15, 0.2) is 48.2 Å². The molecule has 4 heteroatoms. The summed E-state index contributed by atoms with van der Waals surface area (Å²) in [6.07, 6.45) is 3.37. The quantitative estimate of drug-likeness (QED) is 0.781. The first-order chi connectivity index (χ1) is 8.90. The van der Waals surface area contributed by atoms with E-state index in [-0.39, 0.29) is 6.04 Å². The molecule has 0 spiro atoms. The fraction of sp³-hybridized carbons (Fsp3) is 0.143. The lowest BCUT2D eigenvalue weighted by Gasteiger charge is -2.16. The van der Waals surface area contributed by atoms with Gasteiger partial charge in [0.05, 0.1) is 11.7 Å². The van der Waals surface area contributed by atoms with Crippen molar-refractivity contribution in [2.75, 3.05) is 7.05 Å². The molecule has 1 atom stereocenters. The zero-order valence-corrected chi connectivity index (χ0v) is 10.8. The van der Waals surface area contributed by atoms with E-state index in [9.17, 15) is 0 Å². The number of nitrogens with zero attached hydrogens (tertiary/aromatic N) is 2. The van der Waals surface area contributed by atoms with Crippen LogP contribution in [0.3, 0.4) is 0 Å². The van der Waals surface area contributed by atoms with Gasteiger partial charge in [0, 0.05) is 10.9 Å². The van der Waals surface area contributed by atoms with Crippen molar-refractivity contribution < 1.29 is 0 Å². The molecular weight excluding hydrogens is 242 g/mol. The molecule has 2 aromatic heterocycles. The van der Waals surface area contributed by atoms with Crippen LogP contribution in [-0.4, -0.2) is 17.0 Å². The predicted octanol–water partition coefficient (Wildman–Crippen LogP) is 3.00. The van der Waals surface area contributed by atoms with Gasteiger partial charge in [-0.15, -0.1) is 11.3 Å². The largest absolute Gasteiger partial charge is 0.308 e. The van der Waals surface area contributed by atoms with Crippen LogP contribution in [0.25, 0.3) is 10.1 Å². The van der Waals surface area contributed by atoms with Crippen LogP contribution in [0.4, 0.5) is 0 Å². The summed E-state index contributed by atoms with van der Waals surface area (Å²) in [6, 6.07) is 10.6. The first-order valence-electron chi connectivity index (χ1n) is 5.79. The van der Waals surface area contributed by atoms with Crippen molar-refractivity contribution >= 4 is 21.4 Å². The third kappa shape index (κ3) is 1.89. The van der Waals surface area contributed by atoms with Crippen LogP contribution in [0, 0.1) is 0 Å². The maximum atomic E-state index is 4.35. The molecule has 18 heavy (non-hydrogen) atoms. The van der Waals surface area contributed by atoms with E-state index in [1.54, 1.807) is 23.9 Å². The number of fused-ring (bicyclic) bond motifs is 1. The normalized spacial score (nSPS) is 12.7. The molecule has 90 valence electrons. The fourth-order valence-corrected chi connectivity index (χ4v) is 3.12. The number of aromatic nitrogens is 2. The van der Waals surface area contributed by atoms with Gasteiger partial charge >= 0.3 is 0 Å². The van der Waals surface area contributed by atoms with Gasteiger partial charge in [-0.05, 0) is 35.5 Å². The van der Waals surface area contributed by atoms with Crippen LogP contribution in [0.5, 0.6) is 0 Å². The van der Waals surface area contributed by atoms with E-state index in [0.717, 1.165) is 5.69 Å². The molecule has 0 aliphatic carbocycles. The van der Waals surface area contributed by atoms with Crippen LogP contribution >= 0.6 is 11.3 Å². The van der Waals surface area contributed by atoms with Crippen LogP contribution < -0.4 is 5.32 Å². The molecule has 0 radical (unpaired) electrons. The topological polar surface area (TPSA) is 37.8 Å². The van der Waals surface area contributed by atoms with Gasteiger partial charge in [-0.25, -0.2) is 9.97 Å². The Labute approximate surface area is 110 Å². The molecule has 0 fully saturated rings. The van der Waals surface area contributed by atoms with E-state index in [2.05, 4.69) is 44.9 Å². The molecule has 0 amide bonds.